The molecule has 170 valence electrons. The van der Waals surface area contributed by atoms with Gasteiger partial charge in [0.15, 0.2) is 0 Å². The largest absolute Gasteiger partial charge is 0.416 e. The second kappa shape index (κ2) is 8.23. The molecule has 1 unspecified atom stereocenters. The number of pyridine rings is 1. The predicted octanol–water partition coefficient (Wildman–Crippen LogP) is 4.46. The number of carbonyl (C=O) groups is 2. The van der Waals surface area contributed by atoms with Gasteiger partial charge in [0.1, 0.15) is 6.54 Å². The highest BCUT2D eigenvalue weighted by molar-refractivity contribution is 6.09. The van der Waals surface area contributed by atoms with E-state index >= 15 is 0 Å². The number of aromatic nitrogens is 1. The summed E-state index contributed by atoms with van der Waals surface area (Å²) >= 11 is 0. The van der Waals surface area contributed by atoms with Gasteiger partial charge in [0.2, 0.25) is 11.8 Å². The van der Waals surface area contributed by atoms with Crippen molar-refractivity contribution in [3.8, 4) is 11.1 Å². The molecule has 6 nitrogen and oxygen atoms in total. The highest BCUT2D eigenvalue weighted by Crippen LogP contribution is 2.39. The van der Waals surface area contributed by atoms with E-state index in [0.29, 0.717) is 22.5 Å². The van der Waals surface area contributed by atoms with Crippen LogP contribution in [0.15, 0.2) is 59.4 Å². The molecule has 4 rings (SSSR count). The van der Waals surface area contributed by atoms with Gasteiger partial charge < -0.3 is 15.2 Å². The molecule has 1 aliphatic heterocycles. The van der Waals surface area contributed by atoms with Gasteiger partial charge in [-0.1, -0.05) is 24.3 Å². The lowest BCUT2D eigenvalue weighted by Gasteiger charge is -2.24. The van der Waals surface area contributed by atoms with Gasteiger partial charge in [-0.15, -0.1) is 0 Å². The standard InChI is InChI=1S/C24H20F3N3O3/c1-13-11-19-21(22(32)28-13)18-6-4-3-5-17(18)14(2)23(33)30(19)12-20(31)29-16-9-7-15(8-10-16)24(25,26)27/h3-11,14H,12H2,1-2H3,(H,28,32)(H,29,31). The Bertz CT molecular complexity index is 1300. The number of rotatable bonds is 3. The summed E-state index contributed by atoms with van der Waals surface area (Å²) < 4.78 is 38.3. The maximum absolute atomic E-state index is 13.3. The number of aromatic amines is 1. The highest BCUT2D eigenvalue weighted by atomic mass is 19.4. The third kappa shape index (κ3) is 4.26. The number of nitrogens with one attached hydrogen (secondary N) is 2. The molecule has 3 aromatic rings. The minimum Gasteiger partial charge on any atom is -0.326 e. The Hall–Kier alpha value is -3.88. The van der Waals surface area contributed by atoms with Crippen molar-refractivity contribution in [1.29, 1.82) is 0 Å². The van der Waals surface area contributed by atoms with Gasteiger partial charge in [-0.2, -0.15) is 13.2 Å². The van der Waals surface area contributed by atoms with Gasteiger partial charge in [-0.3, -0.25) is 14.4 Å². The first-order valence-corrected chi connectivity index (χ1v) is 10.2. The minimum absolute atomic E-state index is 0.161. The lowest BCUT2D eigenvalue weighted by atomic mass is 9.93. The second-order valence-electron chi connectivity index (χ2n) is 7.90. The quantitative estimate of drug-likeness (QED) is 0.612. The number of carbonyl (C=O) groups excluding carboxylic acids is 2. The van der Waals surface area contributed by atoms with E-state index in [0.717, 1.165) is 24.3 Å². The van der Waals surface area contributed by atoms with Gasteiger partial charge in [0.25, 0.3) is 5.56 Å². The van der Waals surface area contributed by atoms with Crippen molar-refractivity contribution in [2.45, 2.75) is 25.9 Å². The third-order valence-electron chi connectivity index (χ3n) is 5.57. The summed E-state index contributed by atoms with van der Waals surface area (Å²) in [5, 5.41) is 2.52. The van der Waals surface area contributed by atoms with Crippen LogP contribution in [-0.4, -0.2) is 23.3 Å². The first-order valence-electron chi connectivity index (χ1n) is 10.2. The lowest BCUT2D eigenvalue weighted by Crippen LogP contribution is -2.40. The molecule has 0 spiro atoms. The van der Waals surface area contributed by atoms with E-state index in [4.69, 9.17) is 0 Å². The van der Waals surface area contributed by atoms with E-state index in [-0.39, 0.29) is 22.7 Å². The molecule has 2 N–H and O–H groups in total. The van der Waals surface area contributed by atoms with Crippen LogP contribution in [0.5, 0.6) is 0 Å². The monoisotopic (exact) mass is 455 g/mol. The Balaban J connectivity index is 1.69. The normalized spacial score (nSPS) is 15.5. The molecule has 1 aromatic heterocycles. The van der Waals surface area contributed by atoms with E-state index in [9.17, 15) is 27.6 Å². The Morgan fingerprint density at radius 2 is 1.76 bits per heavy atom. The summed E-state index contributed by atoms with van der Waals surface area (Å²) in [5.41, 5.74) is 1.34. The number of hydrogen-bond donors (Lipinski definition) is 2. The molecule has 1 aliphatic rings. The number of fused-ring (bicyclic) bond motifs is 3. The van der Waals surface area contributed by atoms with Crippen LogP contribution in [0.25, 0.3) is 11.1 Å². The van der Waals surface area contributed by atoms with E-state index in [1.807, 2.05) is 0 Å². The van der Waals surface area contributed by atoms with Gasteiger partial charge in [-0.05, 0) is 55.3 Å². The van der Waals surface area contributed by atoms with Crippen LogP contribution < -0.4 is 15.8 Å². The molecular weight excluding hydrogens is 435 g/mol. The lowest BCUT2D eigenvalue weighted by molar-refractivity contribution is -0.137. The number of alkyl halides is 3. The Kier molecular flexibility index (Phi) is 5.57. The van der Waals surface area contributed by atoms with E-state index in [2.05, 4.69) is 10.3 Å². The maximum atomic E-state index is 13.3. The molecular formula is C24H20F3N3O3. The summed E-state index contributed by atoms with van der Waals surface area (Å²) in [7, 11) is 0. The number of anilines is 2. The number of nitrogens with zero attached hydrogens (tertiary/aromatic N) is 1. The summed E-state index contributed by atoms with van der Waals surface area (Å²) in [6.45, 7) is 2.97. The molecule has 0 saturated carbocycles. The Morgan fingerprint density at radius 1 is 1.09 bits per heavy atom. The Morgan fingerprint density at radius 3 is 2.42 bits per heavy atom. The fourth-order valence-corrected chi connectivity index (χ4v) is 3.98. The molecule has 0 fully saturated rings. The van der Waals surface area contributed by atoms with Crippen molar-refractivity contribution in [3.63, 3.8) is 0 Å². The molecule has 2 amide bonds. The van der Waals surface area contributed by atoms with Crippen LogP contribution in [0.1, 0.15) is 29.7 Å². The second-order valence-corrected chi connectivity index (χ2v) is 7.90. The van der Waals surface area contributed by atoms with E-state index in [1.165, 1.54) is 4.90 Å². The summed E-state index contributed by atoms with van der Waals surface area (Å²) in [6, 6.07) is 12.7. The first kappa shape index (κ1) is 22.3. The summed E-state index contributed by atoms with van der Waals surface area (Å²) in [6.07, 6.45) is -4.49. The summed E-state index contributed by atoms with van der Waals surface area (Å²) in [4.78, 5) is 43.0. The van der Waals surface area contributed by atoms with Crippen molar-refractivity contribution >= 4 is 23.2 Å². The smallest absolute Gasteiger partial charge is 0.326 e. The van der Waals surface area contributed by atoms with Crippen LogP contribution in [0, 0.1) is 6.92 Å². The molecule has 33 heavy (non-hydrogen) atoms. The van der Waals surface area contributed by atoms with Crippen LogP contribution >= 0.6 is 0 Å². The zero-order chi connectivity index (χ0) is 23.9. The predicted molar refractivity (Wildman–Crippen MR) is 118 cm³/mol. The van der Waals surface area contributed by atoms with Crippen LogP contribution in [0.4, 0.5) is 24.5 Å². The van der Waals surface area contributed by atoms with Gasteiger partial charge in [0, 0.05) is 11.4 Å². The summed E-state index contributed by atoms with van der Waals surface area (Å²) in [5.74, 6) is -1.59. The zero-order valence-corrected chi connectivity index (χ0v) is 17.8. The Labute approximate surface area is 187 Å². The molecule has 2 aromatic carbocycles. The number of amides is 2. The average molecular weight is 455 g/mol. The minimum atomic E-state index is -4.49. The van der Waals surface area contributed by atoms with Crippen LogP contribution in [-0.2, 0) is 15.8 Å². The average Bonchev–Trinajstić information content (AvgIpc) is 2.83. The van der Waals surface area contributed by atoms with E-state index < -0.39 is 30.1 Å². The molecule has 0 radical (unpaired) electrons. The molecule has 2 heterocycles. The number of H-pyrrole nitrogens is 1. The molecule has 0 saturated heterocycles. The van der Waals surface area contributed by atoms with Crippen molar-refractivity contribution < 1.29 is 22.8 Å². The SMILES string of the molecule is Cc1cc2c(c(=O)[nH]1)-c1ccccc1C(C)C(=O)N2CC(=O)Nc1ccc(C(F)(F)F)cc1. The van der Waals surface area contributed by atoms with Crippen molar-refractivity contribution in [2.24, 2.45) is 0 Å². The van der Waals surface area contributed by atoms with Gasteiger partial charge in [0.05, 0.1) is 22.7 Å². The zero-order valence-electron chi connectivity index (χ0n) is 17.8. The molecule has 9 heteroatoms. The van der Waals surface area contributed by atoms with Crippen molar-refractivity contribution in [2.75, 3.05) is 16.8 Å². The van der Waals surface area contributed by atoms with Gasteiger partial charge in [-0.25, -0.2) is 0 Å². The van der Waals surface area contributed by atoms with Crippen molar-refractivity contribution in [3.05, 3.63) is 81.8 Å². The molecule has 0 aliphatic carbocycles. The number of aryl methyl sites for hydroxylation is 1. The number of halogens is 3. The third-order valence-corrected chi connectivity index (χ3v) is 5.57. The van der Waals surface area contributed by atoms with Crippen LogP contribution in [0.2, 0.25) is 0 Å². The topological polar surface area (TPSA) is 82.3 Å². The van der Waals surface area contributed by atoms with E-state index in [1.54, 1.807) is 44.2 Å². The van der Waals surface area contributed by atoms with Gasteiger partial charge >= 0.3 is 6.18 Å². The van der Waals surface area contributed by atoms with Crippen molar-refractivity contribution in [1.82, 2.24) is 4.98 Å². The first-order chi connectivity index (χ1) is 15.6. The van der Waals surface area contributed by atoms with Crippen LogP contribution in [0.3, 0.4) is 0 Å². The number of benzene rings is 2. The maximum Gasteiger partial charge on any atom is 0.416 e. The fraction of sp³-hybridized carbons (Fsp3) is 0.208. The highest BCUT2D eigenvalue weighted by Gasteiger charge is 2.34. The molecule has 0 bridgehead atoms. The fourth-order valence-electron chi connectivity index (χ4n) is 3.98. The number of hydrogen-bond acceptors (Lipinski definition) is 3. The molecule has 1 atom stereocenters.